The van der Waals surface area contributed by atoms with Crippen LogP contribution in [0.1, 0.15) is 24.1 Å². The molecule has 0 aliphatic carbocycles. The number of aromatic nitrogens is 1. The van der Waals surface area contributed by atoms with Crippen molar-refractivity contribution in [3.05, 3.63) is 64.4 Å². The van der Waals surface area contributed by atoms with Crippen LogP contribution in [0.5, 0.6) is 0 Å². The van der Waals surface area contributed by atoms with E-state index in [0.717, 1.165) is 49.3 Å². The van der Waals surface area contributed by atoms with Crippen molar-refractivity contribution in [2.75, 3.05) is 19.8 Å². The van der Waals surface area contributed by atoms with Gasteiger partial charge in [-0.3, -0.25) is 4.98 Å². The van der Waals surface area contributed by atoms with Gasteiger partial charge in [-0.25, -0.2) is 0 Å². The van der Waals surface area contributed by atoms with E-state index in [1.807, 2.05) is 18.3 Å². The van der Waals surface area contributed by atoms with Crippen molar-refractivity contribution in [3.8, 4) is 0 Å². The van der Waals surface area contributed by atoms with E-state index in [4.69, 9.17) is 4.74 Å². The zero-order valence-electron chi connectivity index (χ0n) is 12.6. The Balaban J connectivity index is 1.70. The van der Waals surface area contributed by atoms with Crippen LogP contribution < -0.4 is 5.32 Å². The lowest BCUT2D eigenvalue weighted by Gasteiger charge is -2.38. The summed E-state index contributed by atoms with van der Waals surface area (Å²) in [7, 11) is 0. The molecule has 0 bridgehead atoms. The normalized spacial score (nSPS) is 17.3. The van der Waals surface area contributed by atoms with Gasteiger partial charge in [0, 0.05) is 42.4 Å². The molecule has 0 spiro atoms. The number of benzene rings is 1. The lowest BCUT2D eigenvalue weighted by atomic mass is 9.74. The maximum Gasteiger partial charge on any atom is 0.0541 e. The monoisotopic (exact) mass is 360 g/mol. The maximum atomic E-state index is 5.59. The number of nitrogens with zero attached hydrogens (tertiary/aromatic N) is 1. The van der Waals surface area contributed by atoms with Crippen molar-refractivity contribution in [2.24, 2.45) is 0 Å². The highest BCUT2D eigenvalue weighted by atomic mass is 79.9. The molecule has 1 N–H and O–H groups in total. The molecule has 3 rings (SSSR count). The number of nitrogens with one attached hydrogen (secondary N) is 1. The quantitative estimate of drug-likeness (QED) is 0.882. The highest BCUT2D eigenvalue weighted by Crippen LogP contribution is 2.35. The number of pyridine rings is 1. The highest BCUT2D eigenvalue weighted by molar-refractivity contribution is 9.10. The third kappa shape index (κ3) is 3.75. The molecule has 1 aromatic heterocycles. The molecule has 3 nitrogen and oxygen atoms in total. The van der Waals surface area contributed by atoms with E-state index < -0.39 is 0 Å². The van der Waals surface area contributed by atoms with Crippen LogP contribution in [-0.2, 0) is 16.7 Å². The van der Waals surface area contributed by atoms with Gasteiger partial charge in [-0.15, -0.1) is 0 Å². The molecule has 1 aromatic carbocycles. The predicted molar refractivity (Wildman–Crippen MR) is 91.8 cm³/mol. The summed E-state index contributed by atoms with van der Waals surface area (Å²) in [5.74, 6) is 0. The summed E-state index contributed by atoms with van der Waals surface area (Å²) in [6.45, 7) is 3.43. The molecule has 1 fully saturated rings. The van der Waals surface area contributed by atoms with Gasteiger partial charge < -0.3 is 10.1 Å². The fourth-order valence-corrected chi connectivity index (χ4v) is 3.33. The second-order valence-corrected chi connectivity index (χ2v) is 6.74. The number of halogens is 1. The second kappa shape index (κ2) is 7.36. The Bertz CT molecular complexity index is 580. The van der Waals surface area contributed by atoms with Gasteiger partial charge in [0.2, 0.25) is 0 Å². The van der Waals surface area contributed by atoms with Crippen molar-refractivity contribution >= 4 is 15.9 Å². The summed E-state index contributed by atoms with van der Waals surface area (Å²) in [6, 6.07) is 14.8. The third-order valence-electron chi connectivity index (χ3n) is 4.40. The van der Waals surface area contributed by atoms with Gasteiger partial charge in [0.15, 0.2) is 0 Å². The van der Waals surface area contributed by atoms with Gasteiger partial charge in [0.25, 0.3) is 0 Å². The van der Waals surface area contributed by atoms with E-state index in [2.05, 4.69) is 56.6 Å². The molecular weight excluding hydrogens is 340 g/mol. The number of hydrogen-bond donors (Lipinski definition) is 1. The molecule has 116 valence electrons. The van der Waals surface area contributed by atoms with Crippen molar-refractivity contribution < 1.29 is 4.74 Å². The predicted octanol–water partition coefficient (Wildman–Crippen LogP) is 3.68. The fourth-order valence-electron chi connectivity index (χ4n) is 3.07. The maximum absolute atomic E-state index is 5.59. The lowest BCUT2D eigenvalue weighted by molar-refractivity contribution is 0.0497. The van der Waals surface area contributed by atoms with E-state index in [1.54, 1.807) is 0 Å². The standard InChI is InChI=1S/C18H21BrN2O/c19-16-6-4-15(5-7-16)18(8-11-22-12-9-18)14-20-13-17-3-1-2-10-21-17/h1-7,10,20H,8-9,11-14H2. The third-order valence-corrected chi connectivity index (χ3v) is 4.93. The van der Waals surface area contributed by atoms with Crippen LogP contribution in [0.2, 0.25) is 0 Å². The minimum Gasteiger partial charge on any atom is -0.381 e. The molecule has 1 aliphatic rings. The molecular formula is C18H21BrN2O. The van der Waals surface area contributed by atoms with E-state index >= 15 is 0 Å². The topological polar surface area (TPSA) is 34.2 Å². The number of rotatable bonds is 5. The van der Waals surface area contributed by atoms with Crippen LogP contribution in [0.4, 0.5) is 0 Å². The Morgan fingerprint density at radius 3 is 2.55 bits per heavy atom. The van der Waals surface area contributed by atoms with E-state index in [9.17, 15) is 0 Å². The molecule has 0 amide bonds. The van der Waals surface area contributed by atoms with E-state index in [-0.39, 0.29) is 5.41 Å². The minimum absolute atomic E-state index is 0.160. The molecule has 1 saturated heterocycles. The van der Waals surface area contributed by atoms with Gasteiger partial charge in [0.05, 0.1) is 5.69 Å². The average Bonchev–Trinajstić information content (AvgIpc) is 2.57. The first-order valence-corrected chi connectivity index (χ1v) is 8.52. The molecule has 4 heteroatoms. The SMILES string of the molecule is Brc1ccc(C2(CNCc3ccccn3)CCOCC2)cc1. The van der Waals surface area contributed by atoms with Crippen molar-refractivity contribution in [1.82, 2.24) is 10.3 Å². The first kappa shape index (κ1) is 15.7. The van der Waals surface area contributed by atoms with E-state index in [1.165, 1.54) is 5.56 Å². The van der Waals surface area contributed by atoms with Crippen LogP contribution in [0, 0.1) is 0 Å². The molecule has 0 radical (unpaired) electrons. The summed E-state index contributed by atoms with van der Waals surface area (Å²) in [4.78, 5) is 4.38. The Labute approximate surface area is 140 Å². The fraction of sp³-hybridized carbons (Fsp3) is 0.389. The number of ether oxygens (including phenoxy) is 1. The summed E-state index contributed by atoms with van der Waals surface area (Å²) in [6.07, 6.45) is 3.96. The average molecular weight is 361 g/mol. The van der Waals surface area contributed by atoms with E-state index in [0.29, 0.717) is 0 Å². The summed E-state index contributed by atoms with van der Waals surface area (Å²) >= 11 is 3.52. The van der Waals surface area contributed by atoms with Gasteiger partial charge in [-0.05, 0) is 42.7 Å². The zero-order valence-corrected chi connectivity index (χ0v) is 14.2. The van der Waals surface area contributed by atoms with Crippen LogP contribution in [0.15, 0.2) is 53.1 Å². The highest BCUT2D eigenvalue weighted by Gasteiger charge is 2.34. The van der Waals surface area contributed by atoms with Gasteiger partial charge in [0.1, 0.15) is 0 Å². The molecule has 0 unspecified atom stereocenters. The Morgan fingerprint density at radius 1 is 1.09 bits per heavy atom. The van der Waals surface area contributed by atoms with Crippen LogP contribution >= 0.6 is 15.9 Å². The summed E-state index contributed by atoms with van der Waals surface area (Å²) < 4.78 is 6.71. The lowest BCUT2D eigenvalue weighted by Crippen LogP contribution is -2.42. The summed E-state index contributed by atoms with van der Waals surface area (Å²) in [5.41, 5.74) is 2.64. The van der Waals surface area contributed by atoms with Crippen molar-refractivity contribution in [1.29, 1.82) is 0 Å². The largest absolute Gasteiger partial charge is 0.381 e. The molecule has 22 heavy (non-hydrogen) atoms. The second-order valence-electron chi connectivity index (χ2n) is 5.82. The first-order valence-electron chi connectivity index (χ1n) is 7.73. The smallest absolute Gasteiger partial charge is 0.0541 e. The van der Waals surface area contributed by atoms with Gasteiger partial charge >= 0.3 is 0 Å². The zero-order chi connectivity index (χ0) is 15.3. The van der Waals surface area contributed by atoms with Crippen molar-refractivity contribution in [3.63, 3.8) is 0 Å². The Morgan fingerprint density at radius 2 is 1.86 bits per heavy atom. The molecule has 2 aromatic rings. The molecule has 2 heterocycles. The molecule has 0 atom stereocenters. The Kier molecular flexibility index (Phi) is 5.24. The van der Waals surface area contributed by atoms with Crippen LogP contribution in [-0.4, -0.2) is 24.7 Å². The minimum atomic E-state index is 0.160. The number of hydrogen-bond acceptors (Lipinski definition) is 3. The van der Waals surface area contributed by atoms with Crippen LogP contribution in [0.3, 0.4) is 0 Å². The van der Waals surface area contributed by atoms with Gasteiger partial charge in [-0.2, -0.15) is 0 Å². The van der Waals surface area contributed by atoms with Crippen molar-refractivity contribution in [2.45, 2.75) is 24.8 Å². The summed E-state index contributed by atoms with van der Waals surface area (Å²) in [5, 5.41) is 3.60. The molecule has 0 saturated carbocycles. The molecule has 1 aliphatic heterocycles. The Hall–Kier alpha value is -1.23. The van der Waals surface area contributed by atoms with Crippen LogP contribution in [0.25, 0.3) is 0 Å². The first-order chi connectivity index (χ1) is 10.8. The van der Waals surface area contributed by atoms with Gasteiger partial charge in [-0.1, -0.05) is 34.1 Å².